The molecular weight excluding hydrogens is 502 g/mol. The zero-order valence-corrected chi connectivity index (χ0v) is 19.3. The molecule has 0 radical (unpaired) electrons. The van der Waals surface area contributed by atoms with E-state index < -0.39 is 0 Å². The van der Waals surface area contributed by atoms with Gasteiger partial charge in [0.1, 0.15) is 5.82 Å². The van der Waals surface area contributed by atoms with Crippen LogP contribution in [-0.4, -0.2) is 27.6 Å². The summed E-state index contributed by atoms with van der Waals surface area (Å²) in [6.07, 6.45) is 4.10. The Bertz CT molecular complexity index is 1130. The SMILES string of the molecule is CCCCc1nc2ccc(Br)cc2c(=O)n1N=Cc1cc(OCC)c(O)cc1Br. The monoisotopic (exact) mass is 521 g/mol. The van der Waals surface area contributed by atoms with Crippen molar-refractivity contribution in [3.05, 3.63) is 61.0 Å². The van der Waals surface area contributed by atoms with Gasteiger partial charge in [0.25, 0.3) is 5.56 Å². The minimum absolute atomic E-state index is 0.0360. The number of hydrogen-bond donors (Lipinski definition) is 1. The van der Waals surface area contributed by atoms with E-state index in [2.05, 4.69) is 48.9 Å². The summed E-state index contributed by atoms with van der Waals surface area (Å²) in [6.45, 7) is 4.36. The lowest BCUT2D eigenvalue weighted by Crippen LogP contribution is -2.22. The number of fused-ring (bicyclic) bond motifs is 1. The molecule has 0 bridgehead atoms. The third-order valence-corrected chi connectivity index (χ3v) is 5.50. The minimum atomic E-state index is -0.224. The summed E-state index contributed by atoms with van der Waals surface area (Å²) in [5, 5.41) is 14.9. The maximum atomic E-state index is 13.1. The largest absolute Gasteiger partial charge is 0.504 e. The average Bonchev–Trinajstić information content (AvgIpc) is 2.69. The molecule has 8 heteroatoms. The van der Waals surface area contributed by atoms with Crippen LogP contribution in [0.4, 0.5) is 0 Å². The van der Waals surface area contributed by atoms with Crippen LogP contribution >= 0.6 is 31.9 Å². The highest BCUT2D eigenvalue weighted by Gasteiger charge is 2.12. The Labute approximate surface area is 185 Å². The predicted octanol–water partition coefficient (Wildman–Crippen LogP) is 5.25. The Morgan fingerprint density at radius 1 is 1.24 bits per heavy atom. The van der Waals surface area contributed by atoms with Crippen molar-refractivity contribution in [1.82, 2.24) is 9.66 Å². The van der Waals surface area contributed by atoms with Gasteiger partial charge in [-0.2, -0.15) is 9.78 Å². The second-order valence-electron chi connectivity index (χ2n) is 6.43. The van der Waals surface area contributed by atoms with Crippen LogP contribution in [0.2, 0.25) is 0 Å². The van der Waals surface area contributed by atoms with Crippen molar-refractivity contribution in [1.29, 1.82) is 0 Å². The number of hydrogen-bond acceptors (Lipinski definition) is 5. The molecule has 29 heavy (non-hydrogen) atoms. The number of nitrogens with zero attached hydrogens (tertiary/aromatic N) is 3. The summed E-state index contributed by atoms with van der Waals surface area (Å²) >= 11 is 6.83. The van der Waals surface area contributed by atoms with Crippen LogP contribution in [0, 0.1) is 0 Å². The van der Waals surface area contributed by atoms with Gasteiger partial charge in [0.05, 0.1) is 23.7 Å². The first kappa shape index (κ1) is 21.5. The topological polar surface area (TPSA) is 76.7 Å². The van der Waals surface area contributed by atoms with E-state index in [4.69, 9.17) is 4.74 Å². The van der Waals surface area contributed by atoms with E-state index in [1.54, 1.807) is 24.4 Å². The van der Waals surface area contributed by atoms with Crippen molar-refractivity contribution in [3.8, 4) is 11.5 Å². The molecule has 3 rings (SSSR count). The van der Waals surface area contributed by atoms with Crippen LogP contribution in [0.5, 0.6) is 11.5 Å². The molecular formula is C21H21Br2N3O3. The van der Waals surface area contributed by atoms with Gasteiger partial charge >= 0.3 is 0 Å². The van der Waals surface area contributed by atoms with Gasteiger partial charge in [-0.05, 0) is 59.6 Å². The molecule has 2 aromatic carbocycles. The van der Waals surface area contributed by atoms with Crippen molar-refractivity contribution in [2.45, 2.75) is 33.1 Å². The van der Waals surface area contributed by atoms with Crippen molar-refractivity contribution >= 4 is 49.0 Å². The minimum Gasteiger partial charge on any atom is -0.504 e. The van der Waals surface area contributed by atoms with E-state index in [0.717, 1.165) is 17.3 Å². The third-order valence-electron chi connectivity index (χ3n) is 4.32. The molecule has 0 saturated heterocycles. The summed E-state index contributed by atoms with van der Waals surface area (Å²) < 4.78 is 8.24. The lowest BCUT2D eigenvalue weighted by molar-refractivity contribution is 0.318. The van der Waals surface area contributed by atoms with E-state index in [-0.39, 0.29) is 11.3 Å². The van der Waals surface area contributed by atoms with Gasteiger partial charge in [-0.1, -0.05) is 29.3 Å². The maximum Gasteiger partial charge on any atom is 0.282 e. The number of benzene rings is 2. The second kappa shape index (κ2) is 9.54. The summed E-state index contributed by atoms with van der Waals surface area (Å²) in [7, 11) is 0. The van der Waals surface area contributed by atoms with Gasteiger partial charge < -0.3 is 9.84 Å². The van der Waals surface area contributed by atoms with Crippen LogP contribution in [0.1, 0.15) is 38.1 Å². The van der Waals surface area contributed by atoms with Crippen molar-refractivity contribution < 1.29 is 9.84 Å². The molecule has 0 aliphatic rings. The molecule has 1 N–H and O–H groups in total. The normalized spacial score (nSPS) is 11.4. The third kappa shape index (κ3) is 4.87. The first-order valence-electron chi connectivity index (χ1n) is 9.35. The molecule has 3 aromatic rings. The maximum absolute atomic E-state index is 13.1. The number of phenols is 1. The molecule has 0 aliphatic heterocycles. The zero-order chi connectivity index (χ0) is 21.0. The van der Waals surface area contributed by atoms with Crippen LogP contribution in [-0.2, 0) is 6.42 Å². The number of ether oxygens (including phenoxy) is 1. The van der Waals surface area contributed by atoms with E-state index in [1.165, 1.54) is 4.68 Å². The summed E-state index contributed by atoms with van der Waals surface area (Å²) in [6, 6.07) is 8.67. The molecule has 6 nitrogen and oxygen atoms in total. The molecule has 0 spiro atoms. The zero-order valence-electron chi connectivity index (χ0n) is 16.2. The Kier molecular flexibility index (Phi) is 7.08. The van der Waals surface area contributed by atoms with Gasteiger partial charge in [-0.25, -0.2) is 4.98 Å². The van der Waals surface area contributed by atoms with Crippen molar-refractivity contribution in [2.75, 3.05) is 6.61 Å². The van der Waals surface area contributed by atoms with Crippen LogP contribution in [0.25, 0.3) is 10.9 Å². The molecule has 0 saturated carbocycles. The van der Waals surface area contributed by atoms with Crippen LogP contribution < -0.4 is 10.3 Å². The highest BCUT2D eigenvalue weighted by molar-refractivity contribution is 9.10. The fraction of sp³-hybridized carbons (Fsp3) is 0.286. The Balaban J connectivity index is 2.12. The van der Waals surface area contributed by atoms with Gasteiger partial charge in [0.15, 0.2) is 11.5 Å². The van der Waals surface area contributed by atoms with Crippen LogP contribution in [0.15, 0.2) is 49.2 Å². The quantitative estimate of drug-likeness (QED) is 0.430. The van der Waals surface area contributed by atoms with Crippen molar-refractivity contribution in [2.24, 2.45) is 5.10 Å². The molecule has 1 heterocycles. The lowest BCUT2D eigenvalue weighted by Gasteiger charge is -2.10. The predicted molar refractivity (Wildman–Crippen MR) is 122 cm³/mol. The standard InChI is InChI=1S/C21H21Br2N3O3/c1-3-5-6-20-25-17-8-7-14(22)10-15(17)21(28)26(20)24-12-13-9-19(29-4-2)18(27)11-16(13)23/h7-12,27H,3-6H2,1-2H3. The van der Waals surface area contributed by atoms with E-state index in [1.807, 2.05) is 19.1 Å². The van der Waals surface area contributed by atoms with Gasteiger partial charge in [0, 0.05) is 20.9 Å². The Morgan fingerprint density at radius 2 is 2.03 bits per heavy atom. The van der Waals surface area contributed by atoms with E-state index >= 15 is 0 Å². The van der Waals surface area contributed by atoms with E-state index in [0.29, 0.717) is 45.5 Å². The summed E-state index contributed by atoms with van der Waals surface area (Å²) in [5.41, 5.74) is 1.10. The van der Waals surface area contributed by atoms with Crippen molar-refractivity contribution in [3.63, 3.8) is 0 Å². The highest BCUT2D eigenvalue weighted by Crippen LogP contribution is 2.32. The highest BCUT2D eigenvalue weighted by atomic mass is 79.9. The Hall–Kier alpha value is -2.19. The number of unbranched alkanes of at least 4 members (excludes halogenated alkanes) is 1. The number of aromatic hydroxyl groups is 1. The molecule has 0 amide bonds. The average molecular weight is 523 g/mol. The second-order valence-corrected chi connectivity index (χ2v) is 8.20. The molecule has 0 aliphatic carbocycles. The summed E-state index contributed by atoms with van der Waals surface area (Å²) in [5.74, 6) is 1.01. The molecule has 0 atom stereocenters. The molecule has 0 fully saturated rings. The number of halogens is 2. The first-order valence-corrected chi connectivity index (χ1v) is 10.9. The van der Waals surface area contributed by atoms with Crippen LogP contribution in [0.3, 0.4) is 0 Å². The van der Waals surface area contributed by atoms with Gasteiger partial charge in [0.2, 0.25) is 0 Å². The molecule has 0 unspecified atom stereocenters. The Morgan fingerprint density at radius 3 is 2.76 bits per heavy atom. The summed E-state index contributed by atoms with van der Waals surface area (Å²) in [4.78, 5) is 17.8. The number of aryl methyl sites for hydroxylation is 1. The van der Waals surface area contributed by atoms with Gasteiger partial charge in [-0.15, -0.1) is 0 Å². The fourth-order valence-corrected chi connectivity index (χ4v) is 3.65. The first-order chi connectivity index (χ1) is 13.9. The smallest absolute Gasteiger partial charge is 0.282 e. The lowest BCUT2D eigenvalue weighted by atomic mass is 10.2. The van der Waals surface area contributed by atoms with Gasteiger partial charge in [-0.3, -0.25) is 4.79 Å². The number of rotatable bonds is 7. The van der Waals surface area contributed by atoms with E-state index in [9.17, 15) is 9.90 Å². The number of phenolic OH excluding ortho intramolecular Hbond substituents is 1. The number of aromatic nitrogens is 2. The molecule has 152 valence electrons. The fourth-order valence-electron chi connectivity index (χ4n) is 2.86. The molecule has 1 aromatic heterocycles.